The Morgan fingerprint density at radius 1 is 1.00 bits per heavy atom. The Bertz CT molecular complexity index is 1080. The van der Waals surface area contributed by atoms with Crippen molar-refractivity contribution in [2.75, 3.05) is 47.6 Å². The summed E-state index contributed by atoms with van der Waals surface area (Å²) in [6.45, 7) is 2.61. The van der Waals surface area contributed by atoms with Crippen LogP contribution in [0, 0.1) is 0 Å². The molecule has 1 aliphatic heterocycles. The summed E-state index contributed by atoms with van der Waals surface area (Å²) in [5, 5.41) is 7.25. The van der Waals surface area contributed by atoms with Gasteiger partial charge in [-0.1, -0.05) is 53.2 Å². The molecule has 1 saturated heterocycles. The van der Waals surface area contributed by atoms with Crippen molar-refractivity contribution in [1.29, 1.82) is 0 Å². The molecular formula is C21H20Cl2N6O2S. The molecule has 1 fully saturated rings. The number of para-hydroxylation sites is 1. The van der Waals surface area contributed by atoms with Gasteiger partial charge in [0.2, 0.25) is 17.8 Å². The molecule has 3 aromatic rings. The number of halogens is 2. The fraction of sp³-hybridized carbons (Fsp3) is 0.238. The summed E-state index contributed by atoms with van der Waals surface area (Å²) < 4.78 is 5.42. The van der Waals surface area contributed by atoms with E-state index in [-0.39, 0.29) is 11.7 Å². The zero-order chi connectivity index (χ0) is 22.3. The van der Waals surface area contributed by atoms with Gasteiger partial charge in [-0.25, -0.2) is 0 Å². The number of carbonyl (C=O) groups excluding carboxylic acids is 1. The number of thioether (sulfide) groups is 1. The van der Waals surface area contributed by atoms with Crippen molar-refractivity contribution >= 4 is 64.1 Å². The van der Waals surface area contributed by atoms with Crippen molar-refractivity contribution < 1.29 is 9.53 Å². The number of anilines is 4. The molecule has 11 heteroatoms. The molecule has 0 radical (unpaired) electrons. The summed E-state index contributed by atoms with van der Waals surface area (Å²) in [6.07, 6.45) is 0. The maximum absolute atomic E-state index is 12.4. The fourth-order valence-electron chi connectivity index (χ4n) is 2.92. The molecule has 32 heavy (non-hydrogen) atoms. The van der Waals surface area contributed by atoms with Crippen LogP contribution in [0.5, 0.6) is 0 Å². The molecule has 2 aromatic carbocycles. The molecule has 1 aliphatic rings. The number of nitrogens with one attached hydrogen (secondary N) is 2. The molecule has 0 atom stereocenters. The summed E-state index contributed by atoms with van der Waals surface area (Å²) in [5.74, 6) is 0.880. The topological polar surface area (TPSA) is 92.3 Å². The third-order valence-electron chi connectivity index (χ3n) is 4.46. The standard InChI is InChI=1S/C21H20Cl2N6O2S/c22-16-7-6-15(12-17(16)23)24-18(30)13-32-21-27-19(25-14-4-2-1-3-5-14)26-20(28-21)29-8-10-31-11-9-29/h1-7,12H,8-11,13H2,(H,24,30)(H,25,26,27,28). The van der Waals surface area contributed by atoms with Crippen molar-refractivity contribution in [3.63, 3.8) is 0 Å². The predicted octanol–water partition coefficient (Wildman–Crippen LogP) is 4.49. The molecule has 2 N–H and O–H groups in total. The van der Waals surface area contributed by atoms with Crippen LogP contribution in [0.1, 0.15) is 0 Å². The van der Waals surface area contributed by atoms with E-state index in [1.807, 2.05) is 35.2 Å². The smallest absolute Gasteiger partial charge is 0.234 e. The van der Waals surface area contributed by atoms with Crippen LogP contribution in [0.15, 0.2) is 53.7 Å². The number of aromatic nitrogens is 3. The molecule has 0 aliphatic carbocycles. The molecule has 0 unspecified atom stereocenters. The van der Waals surface area contributed by atoms with Crippen molar-refractivity contribution in [1.82, 2.24) is 15.0 Å². The van der Waals surface area contributed by atoms with Crippen molar-refractivity contribution in [3.05, 3.63) is 58.6 Å². The summed E-state index contributed by atoms with van der Waals surface area (Å²) >= 11 is 13.2. The van der Waals surface area contributed by atoms with E-state index in [0.717, 1.165) is 5.69 Å². The van der Waals surface area contributed by atoms with Crippen LogP contribution in [0.4, 0.5) is 23.3 Å². The second-order valence-electron chi connectivity index (χ2n) is 6.80. The molecule has 166 valence electrons. The highest BCUT2D eigenvalue weighted by molar-refractivity contribution is 7.99. The van der Waals surface area contributed by atoms with Crippen LogP contribution < -0.4 is 15.5 Å². The Balaban J connectivity index is 1.47. The second-order valence-corrected chi connectivity index (χ2v) is 8.55. The quantitative estimate of drug-likeness (QED) is 0.468. The molecule has 4 rings (SSSR count). The Kier molecular flexibility index (Phi) is 7.64. The maximum Gasteiger partial charge on any atom is 0.234 e. The lowest BCUT2D eigenvalue weighted by atomic mass is 10.3. The number of ether oxygens (including phenoxy) is 1. The summed E-state index contributed by atoms with van der Waals surface area (Å²) in [6, 6.07) is 14.6. The van der Waals surface area contributed by atoms with Crippen LogP contribution in [0.3, 0.4) is 0 Å². The average Bonchev–Trinajstić information content (AvgIpc) is 2.81. The summed E-state index contributed by atoms with van der Waals surface area (Å²) in [7, 11) is 0. The lowest BCUT2D eigenvalue weighted by Crippen LogP contribution is -2.37. The first-order chi connectivity index (χ1) is 15.6. The number of nitrogens with zero attached hydrogens (tertiary/aromatic N) is 4. The van der Waals surface area contributed by atoms with Crippen LogP contribution >= 0.6 is 35.0 Å². The first-order valence-corrected chi connectivity index (χ1v) is 11.6. The Labute approximate surface area is 199 Å². The minimum absolute atomic E-state index is 0.123. The van der Waals surface area contributed by atoms with Gasteiger partial charge in [0.1, 0.15) is 0 Å². The van der Waals surface area contributed by atoms with E-state index in [4.69, 9.17) is 27.9 Å². The summed E-state index contributed by atoms with van der Waals surface area (Å²) in [4.78, 5) is 28.1. The average molecular weight is 491 g/mol. The fourth-order valence-corrected chi connectivity index (χ4v) is 3.85. The van der Waals surface area contributed by atoms with E-state index in [1.54, 1.807) is 18.2 Å². The van der Waals surface area contributed by atoms with Gasteiger partial charge in [0.25, 0.3) is 0 Å². The van der Waals surface area contributed by atoms with Gasteiger partial charge in [0.15, 0.2) is 5.16 Å². The van der Waals surface area contributed by atoms with Gasteiger partial charge < -0.3 is 20.3 Å². The Hall–Kier alpha value is -2.59. The number of morpholine rings is 1. The first kappa shape index (κ1) is 22.6. The van der Waals surface area contributed by atoms with Gasteiger partial charge in [-0.2, -0.15) is 15.0 Å². The Morgan fingerprint density at radius 3 is 2.53 bits per heavy atom. The van der Waals surface area contributed by atoms with E-state index in [2.05, 4.69) is 25.6 Å². The zero-order valence-electron chi connectivity index (χ0n) is 16.9. The SMILES string of the molecule is O=C(CSc1nc(Nc2ccccc2)nc(N2CCOCC2)n1)Nc1ccc(Cl)c(Cl)c1. The van der Waals surface area contributed by atoms with Crippen LogP contribution in [0.25, 0.3) is 0 Å². The first-order valence-electron chi connectivity index (χ1n) is 9.85. The van der Waals surface area contributed by atoms with Crippen LogP contribution in [-0.4, -0.2) is 52.9 Å². The van der Waals surface area contributed by atoms with E-state index >= 15 is 0 Å². The van der Waals surface area contributed by atoms with E-state index < -0.39 is 0 Å². The van der Waals surface area contributed by atoms with Gasteiger partial charge in [-0.05, 0) is 30.3 Å². The molecule has 1 amide bonds. The third kappa shape index (κ3) is 6.23. The number of hydrogen-bond acceptors (Lipinski definition) is 8. The van der Waals surface area contributed by atoms with Crippen molar-refractivity contribution in [2.24, 2.45) is 0 Å². The Morgan fingerprint density at radius 2 is 1.78 bits per heavy atom. The van der Waals surface area contributed by atoms with E-state index in [1.165, 1.54) is 11.8 Å². The van der Waals surface area contributed by atoms with Gasteiger partial charge >= 0.3 is 0 Å². The molecule has 0 saturated carbocycles. The van der Waals surface area contributed by atoms with E-state index in [0.29, 0.717) is 59.1 Å². The molecule has 1 aromatic heterocycles. The molecular weight excluding hydrogens is 471 g/mol. The molecule has 2 heterocycles. The lowest BCUT2D eigenvalue weighted by Gasteiger charge is -2.27. The van der Waals surface area contributed by atoms with Crippen LogP contribution in [0.2, 0.25) is 10.0 Å². The van der Waals surface area contributed by atoms with Gasteiger partial charge in [-0.15, -0.1) is 0 Å². The molecule has 8 nitrogen and oxygen atoms in total. The highest BCUT2D eigenvalue weighted by atomic mass is 35.5. The number of rotatable bonds is 7. The number of benzene rings is 2. The van der Waals surface area contributed by atoms with E-state index in [9.17, 15) is 4.79 Å². The summed E-state index contributed by atoms with van der Waals surface area (Å²) in [5.41, 5.74) is 1.43. The lowest BCUT2D eigenvalue weighted by molar-refractivity contribution is -0.113. The minimum Gasteiger partial charge on any atom is -0.378 e. The normalized spacial score (nSPS) is 13.6. The van der Waals surface area contributed by atoms with Gasteiger partial charge in [-0.3, -0.25) is 4.79 Å². The number of hydrogen-bond donors (Lipinski definition) is 2. The second kappa shape index (κ2) is 10.8. The zero-order valence-corrected chi connectivity index (χ0v) is 19.3. The van der Waals surface area contributed by atoms with Crippen molar-refractivity contribution in [3.8, 4) is 0 Å². The highest BCUT2D eigenvalue weighted by Crippen LogP contribution is 2.26. The van der Waals surface area contributed by atoms with Crippen molar-refractivity contribution in [2.45, 2.75) is 5.16 Å². The molecule has 0 bridgehead atoms. The van der Waals surface area contributed by atoms with Gasteiger partial charge in [0.05, 0.1) is 29.0 Å². The third-order valence-corrected chi connectivity index (χ3v) is 6.05. The predicted molar refractivity (Wildman–Crippen MR) is 128 cm³/mol. The molecule has 0 spiro atoms. The number of carbonyl (C=O) groups is 1. The minimum atomic E-state index is -0.209. The highest BCUT2D eigenvalue weighted by Gasteiger charge is 2.17. The maximum atomic E-state index is 12.4. The van der Waals surface area contributed by atoms with Gasteiger partial charge in [0, 0.05) is 24.5 Å². The number of amides is 1. The largest absolute Gasteiger partial charge is 0.378 e. The monoisotopic (exact) mass is 490 g/mol. The van der Waals surface area contributed by atoms with Crippen LogP contribution in [-0.2, 0) is 9.53 Å².